The molecule has 1 fully saturated rings. The fraction of sp³-hybridized carbons (Fsp3) is 0.296. The second-order valence-electron chi connectivity index (χ2n) is 8.11. The average molecular weight is 453 g/mol. The van der Waals surface area contributed by atoms with Crippen LogP contribution in [0.5, 0.6) is 0 Å². The monoisotopic (exact) mass is 452 g/mol. The molecule has 0 aromatic heterocycles. The first-order chi connectivity index (χ1) is 17.0. The summed E-state index contributed by atoms with van der Waals surface area (Å²) in [5.74, 6) is -0.983. The topological polar surface area (TPSA) is 66.6 Å². The van der Waals surface area contributed by atoms with E-state index in [0.717, 1.165) is 0 Å². The minimum Gasteiger partial charge on any atom is -0.385 e. The Labute approximate surface area is 200 Å². The Morgan fingerprint density at radius 1 is 0.969 bits per heavy atom. The van der Waals surface area contributed by atoms with Crippen molar-refractivity contribution in [3.8, 4) is 0 Å². The zero-order valence-corrected chi connectivity index (χ0v) is 18.4. The number of benzene rings is 3. The highest BCUT2D eigenvalue weighted by Crippen LogP contribution is 2.38. The quantitative estimate of drug-likeness (QED) is 0.555. The molecule has 4 nitrogen and oxygen atoms in total. The van der Waals surface area contributed by atoms with Crippen molar-refractivity contribution in [2.24, 2.45) is 5.73 Å². The summed E-state index contributed by atoms with van der Waals surface area (Å²) in [6.07, 6.45) is -2.42. The summed E-state index contributed by atoms with van der Waals surface area (Å²) in [5.41, 5.74) is 3.88. The van der Waals surface area contributed by atoms with Gasteiger partial charge in [-0.15, -0.1) is 0 Å². The van der Waals surface area contributed by atoms with Crippen molar-refractivity contribution in [3.63, 3.8) is 0 Å². The fourth-order valence-corrected chi connectivity index (χ4v) is 4.36. The molecule has 3 aromatic rings. The van der Waals surface area contributed by atoms with Gasteiger partial charge in [0.05, 0.1) is 11.0 Å². The Morgan fingerprint density at radius 2 is 1.47 bits per heavy atom. The summed E-state index contributed by atoms with van der Waals surface area (Å²) >= 11 is 5.98. The molecule has 0 radical (unpaired) electrons. The smallest absolute Gasteiger partial charge is 0.232 e. The number of hydrogen-bond acceptors (Lipinski definition) is 3. The minimum atomic E-state index is -2.79. The van der Waals surface area contributed by atoms with Gasteiger partial charge in [0.1, 0.15) is 0 Å². The maximum atomic E-state index is 13.3. The number of likely N-dealkylation sites (tertiary alicyclic amines) is 1. The third kappa shape index (κ3) is 4.44. The number of halogens is 1. The molecule has 0 saturated carbocycles. The number of carbonyl (C=O) groups is 1. The molecule has 1 aliphatic rings. The number of aliphatic hydroxyl groups is 1. The summed E-state index contributed by atoms with van der Waals surface area (Å²) in [6.45, 7) is -2.47. The van der Waals surface area contributed by atoms with Gasteiger partial charge >= 0.3 is 0 Å². The van der Waals surface area contributed by atoms with E-state index in [1.807, 2.05) is 0 Å². The maximum absolute atomic E-state index is 13.3. The molecule has 0 unspecified atom stereocenters. The van der Waals surface area contributed by atoms with E-state index in [4.69, 9.17) is 20.1 Å². The number of piperidine rings is 1. The Bertz CT molecular complexity index is 1160. The zero-order valence-electron chi connectivity index (χ0n) is 21.7. The number of carbonyl (C=O) groups excluding carboxylic acids is 1. The van der Waals surface area contributed by atoms with Crippen molar-refractivity contribution in [2.75, 3.05) is 19.6 Å². The summed E-state index contributed by atoms with van der Waals surface area (Å²) < 4.78 is 36.6. The highest BCUT2D eigenvalue weighted by Gasteiger charge is 2.41. The van der Waals surface area contributed by atoms with Crippen molar-refractivity contribution in [1.82, 2.24) is 4.90 Å². The average Bonchev–Trinajstić information content (AvgIpc) is 2.86. The van der Waals surface area contributed by atoms with Crippen LogP contribution in [0.4, 0.5) is 0 Å². The van der Waals surface area contributed by atoms with Crippen molar-refractivity contribution in [2.45, 2.75) is 30.2 Å². The third-order valence-electron chi connectivity index (χ3n) is 6.16. The van der Waals surface area contributed by atoms with Crippen molar-refractivity contribution >= 4 is 17.5 Å². The molecule has 1 saturated heterocycles. The molecule has 4 rings (SSSR count). The van der Waals surface area contributed by atoms with Crippen LogP contribution in [0.25, 0.3) is 0 Å². The molecule has 0 spiro atoms. The van der Waals surface area contributed by atoms with E-state index in [0.29, 0.717) is 10.6 Å². The molecule has 0 aliphatic carbocycles. The number of rotatable bonds is 7. The molecule has 5 heteroatoms. The molecule has 0 atom stereocenters. The van der Waals surface area contributed by atoms with Crippen molar-refractivity contribution in [3.05, 3.63) is 107 Å². The van der Waals surface area contributed by atoms with Gasteiger partial charge in [-0.1, -0.05) is 84.4 Å². The van der Waals surface area contributed by atoms with E-state index in [9.17, 15) is 12.6 Å². The molecule has 0 bridgehead atoms. The van der Waals surface area contributed by atoms with Gasteiger partial charge in [-0.05, 0) is 54.5 Å². The first-order valence-corrected chi connectivity index (χ1v) is 11.0. The lowest BCUT2D eigenvalue weighted by atomic mass is 9.71. The molecule has 3 N–H and O–H groups in total. The number of nitrogens with zero attached hydrogens (tertiary/aromatic N) is 1. The Balaban J connectivity index is 1.75. The Kier molecular flexibility index (Phi) is 5.27. The van der Waals surface area contributed by atoms with Gasteiger partial charge < -0.3 is 15.7 Å². The van der Waals surface area contributed by atoms with Gasteiger partial charge in [0.2, 0.25) is 5.91 Å². The van der Waals surface area contributed by atoms with Crippen LogP contribution in [-0.2, 0) is 15.8 Å². The highest BCUT2D eigenvalue weighted by atomic mass is 35.5. The van der Waals surface area contributed by atoms with Gasteiger partial charge in [0.15, 0.2) is 0 Å². The molecule has 1 aliphatic heterocycles. The highest BCUT2D eigenvalue weighted by molar-refractivity contribution is 6.30. The van der Waals surface area contributed by atoms with E-state index in [1.54, 1.807) is 84.9 Å². The van der Waals surface area contributed by atoms with Crippen molar-refractivity contribution < 1.29 is 15.4 Å². The van der Waals surface area contributed by atoms with E-state index in [2.05, 4.69) is 0 Å². The van der Waals surface area contributed by atoms with Gasteiger partial charge in [-0.2, -0.15) is 0 Å². The predicted octanol–water partition coefficient (Wildman–Crippen LogP) is 4.49. The van der Waals surface area contributed by atoms with Crippen molar-refractivity contribution in [1.29, 1.82) is 0 Å². The zero-order chi connectivity index (χ0) is 26.2. The van der Waals surface area contributed by atoms with E-state index >= 15 is 0 Å². The van der Waals surface area contributed by atoms with Crippen LogP contribution in [0.1, 0.15) is 41.4 Å². The second-order valence-corrected chi connectivity index (χ2v) is 8.55. The van der Waals surface area contributed by atoms with Crippen LogP contribution < -0.4 is 5.73 Å². The SMILES string of the molecule is [2H]C([2H])(N1CCC(O)(c2ccc(Cl)cc2)CC1)C([2H])([2H])C(C(N)=O)(c1ccccc1)c1ccccc1. The van der Waals surface area contributed by atoms with E-state index in [1.165, 1.54) is 4.90 Å². The fourth-order valence-electron chi connectivity index (χ4n) is 4.23. The molecule has 3 aromatic carbocycles. The van der Waals surface area contributed by atoms with Crippen LogP contribution in [0.2, 0.25) is 5.02 Å². The molecule has 166 valence electrons. The van der Waals surface area contributed by atoms with E-state index in [-0.39, 0.29) is 37.1 Å². The number of hydrogen-bond donors (Lipinski definition) is 2. The molecule has 1 amide bonds. The molecular formula is C27H29ClN2O2. The summed E-state index contributed by atoms with van der Waals surface area (Å²) in [4.78, 5) is 14.6. The minimum absolute atomic E-state index is 0.0735. The lowest BCUT2D eigenvalue weighted by molar-refractivity contribution is -0.122. The second kappa shape index (κ2) is 9.45. The third-order valence-corrected chi connectivity index (χ3v) is 6.41. The Morgan fingerprint density at radius 3 is 1.94 bits per heavy atom. The first-order valence-electron chi connectivity index (χ1n) is 12.6. The standard InChI is InChI=1S/C27H29ClN2O2/c28-24-13-11-21(12-14-24)26(32)15-18-30(19-16-26)20-17-27(25(29)31,22-7-3-1-4-8-22)23-9-5-2-6-10-23/h1-14,32H,15-20H2,(H2,29,31)/i17D2,20D2. The summed E-state index contributed by atoms with van der Waals surface area (Å²) in [6, 6.07) is 23.5. The normalized spacial score (nSPS) is 19.3. The lowest BCUT2D eigenvalue weighted by Gasteiger charge is -2.40. The Hall–Kier alpha value is -2.66. The molecular weight excluding hydrogens is 420 g/mol. The summed E-state index contributed by atoms with van der Waals surface area (Å²) in [5, 5.41) is 11.8. The van der Waals surface area contributed by atoms with Gasteiger partial charge in [0.25, 0.3) is 0 Å². The van der Waals surface area contributed by atoms with Crippen LogP contribution in [0.3, 0.4) is 0 Å². The van der Waals surface area contributed by atoms with Crippen LogP contribution in [0.15, 0.2) is 84.9 Å². The number of primary amides is 1. The summed E-state index contributed by atoms with van der Waals surface area (Å²) in [7, 11) is 0. The van der Waals surface area contributed by atoms with Crippen LogP contribution >= 0.6 is 11.6 Å². The molecule has 32 heavy (non-hydrogen) atoms. The van der Waals surface area contributed by atoms with Gasteiger partial charge in [-0.25, -0.2) is 0 Å². The van der Waals surface area contributed by atoms with Gasteiger partial charge in [-0.3, -0.25) is 4.79 Å². The largest absolute Gasteiger partial charge is 0.385 e. The predicted molar refractivity (Wildman–Crippen MR) is 128 cm³/mol. The van der Waals surface area contributed by atoms with Crippen LogP contribution in [-0.4, -0.2) is 35.5 Å². The maximum Gasteiger partial charge on any atom is 0.232 e. The first kappa shape index (κ1) is 17.8. The van der Waals surface area contributed by atoms with Crippen LogP contribution in [0, 0.1) is 0 Å². The van der Waals surface area contributed by atoms with E-state index < -0.39 is 29.8 Å². The lowest BCUT2D eigenvalue weighted by Crippen LogP contribution is -2.47. The number of nitrogens with two attached hydrogens (primary N) is 1. The number of amides is 1. The molecule has 1 heterocycles. The van der Waals surface area contributed by atoms with Gasteiger partial charge in [0, 0.05) is 23.6 Å².